The van der Waals surface area contributed by atoms with Gasteiger partial charge in [0.15, 0.2) is 0 Å². The van der Waals surface area contributed by atoms with Crippen molar-refractivity contribution in [3.8, 4) is 0 Å². The molecule has 0 rings (SSSR count). The Bertz CT molecular complexity index is 135. The predicted molar refractivity (Wildman–Crippen MR) is 92.4 cm³/mol. The van der Waals surface area contributed by atoms with Crippen LogP contribution in [0.3, 0.4) is 0 Å². The lowest BCUT2D eigenvalue weighted by atomic mass is 10.4. The standard InChI is InChI=1S/C12H27P.CCl4/c1-4-7-10-13(11-8-5-2)12-9-6-3;2-1(3,4)5/h4-12H2,1-3H3;. The highest BCUT2D eigenvalue weighted by molar-refractivity contribution is 7.57. The van der Waals surface area contributed by atoms with Crippen molar-refractivity contribution >= 4 is 54.3 Å². The number of halogens is 4. The molecule has 0 saturated heterocycles. The minimum absolute atomic E-state index is 0.422. The first kappa shape index (κ1) is 21.9. The van der Waals surface area contributed by atoms with Gasteiger partial charge >= 0.3 is 0 Å². The van der Waals surface area contributed by atoms with E-state index in [1.54, 1.807) is 18.5 Å². The monoisotopic (exact) mass is 354 g/mol. The summed E-state index contributed by atoms with van der Waals surface area (Å²) in [6.07, 6.45) is 13.2. The molecule has 18 heavy (non-hydrogen) atoms. The van der Waals surface area contributed by atoms with E-state index >= 15 is 0 Å². The van der Waals surface area contributed by atoms with Crippen molar-refractivity contribution < 1.29 is 0 Å². The first-order valence-electron chi connectivity index (χ1n) is 6.83. The molecular weight excluding hydrogens is 329 g/mol. The minimum Gasteiger partial charge on any atom is -0.107 e. The second-order valence-electron chi connectivity index (χ2n) is 4.33. The molecule has 0 aliphatic rings. The van der Waals surface area contributed by atoms with Gasteiger partial charge in [-0.2, -0.15) is 0 Å². The summed E-state index contributed by atoms with van der Waals surface area (Å²) in [7, 11) is 0.422. The molecule has 0 N–H and O–H groups in total. The Kier molecular flexibility index (Phi) is 18.2. The normalized spacial score (nSPS) is 11.3. The van der Waals surface area contributed by atoms with E-state index in [1.807, 2.05) is 0 Å². The topological polar surface area (TPSA) is 0 Å². The largest absolute Gasteiger partial charge is 0.266 e. The summed E-state index contributed by atoms with van der Waals surface area (Å²) in [6, 6.07) is 0. The summed E-state index contributed by atoms with van der Waals surface area (Å²) in [5.74, 6) is 0. The molecule has 0 fully saturated rings. The zero-order valence-electron chi connectivity index (χ0n) is 11.8. The molecule has 0 aliphatic heterocycles. The zero-order chi connectivity index (χ0) is 14.4. The molecule has 0 aromatic heterocycles. The molecule has 0 atom stereocenters. The molecule has 5 heteroatoms. The third-order valence-corrected chi connectivity index (χ3v) is 5.33. The molecule has 0 aromatic carbocycles. The first-order valence-corrected chi connectivity index (χ1v) is 10.2. The molecule has 0 unspecified atom stereocenters. The average molecular weight is 356 g/mol. The fraction of sp³-hybridized carbons (Fsp3) is 1.00. The Morgan fingerprint density at radius 2 is 0.889 bits per heavy atom. The van der Waals surface area contributed by atoms with E-state index in [-0.39, 0.29) is 0 Å². The molecule has 0 heterocycles. The molecule has 0 saturated carbocycles. The predicted octanol–water partition coefficient (Wildman–Crippen LogP) is 7.42. The third kappa shape index (κ3) is 26.2. The van der Waals surface area contributed by atoms with Crippen LogP contribution in [0.25, 0.3) is 0 Å². The van der Waals surface area contributed by atoms with Crippen LogP contribution in [0.2, 0.25) is 0 Å². The van der Waals surface area contributed by atoms with Crippen molar-refractivity contribution in [2.75, 3.05) is 18.5 Å². The summed E-state index contributed by atoms with van der Waals surface area (Å²) < 4.78 is -1.61. The van der Waals surface area contributed by atoms with E-state index in [0.717, 1.165) is 0 Å². The van der Waals surface area contributed by atoms with Crippen molar-refractivity contribution in [2.24, 2.45) is 0 Å². The highest BCUT2D eigenvalue weighted by atomic mass is 35.6. The number of rotatable bonds is 9. The van der Waals surface area contributed by atoms with Crippen LogP contribution in [0.15, 0.2) is 0 Å². The lowest BCUT2D eigenvalue weighted by Crippen LogP contribution is -1.95. The highest BCUT2D eigenvalue weighted by Crippen LogP contribution is 2.38. The Morgan fingerprint density at radius 1 is 0.667 bits per heavy atom. The van der Waals surface area contributed by atoms with Crippen LogP contribution < -0.4 is 0 Å². The summed E-state index contributed by atoms with van der Waals surface area (Å²) in [6.45, 7) is 6.94. The quantitative estimate of drug-likeness (QED) is 0.298. The van der Waals surface area contributed by atoms with E-state index in [4.69, 9.17) is 46.4 Å². The van der Waals surface area contributed by atoms with Gasteiger partial charge in [-0.25, -0.2) is 0 Å². The second kappa shape index (κ2) is 15.0. The molecule has 0 nitrogen and oxygen atoms in total. The SMILES string of the molecule is CCCCP(CCCC)CCCC.ClC(Cl)(Cl)Cl. The Labute approximate surface area is 135 Å². The number of alkyl halides is 4. The van der Waals surface area contributed by atoms with Crippen LogP contribution in [0, 0.1) is 0 Å². The summed E-state index contributed by atoms with van der Waals surface area (Å²) in [5.41, 5.74) is 0. The Balaban J connectivity index is 0. The number of unbranched alkanes of at least 4 members (excludes halogenated alkanes) is 3. The van der Waals surface area contributed by atoms with Gasteiger partial charge in [0.1, 0.15) is 0 Å². The molecule has 0 aliphatic carbocycles. The minimum atomic E-state index is -1.61. The van der Waals surface area contributed by atoms with Gasteiger partial charge in [0.05, 0.1) is 0 Å². The molecule has 0 radical (unpaired) electrons. The summed E-state index contributed by atoms with van der Waals surface area (Å²) >= 11 is 19.3. The van der Waals surface area contributed by atoms with Gasteiger partial charge in [-0.1, -0.05) is 86.4 Å². The Hall–Kier alpha value is 1.59. The lowest BCUT2D eigenvalue weighted by molar-refractivity contribution is 0.847. The van der Waals surface area contributed by atoms with Crippen LogP contribution in [0.5, 0.6) is 0 Å². The van der Waals surface area contributed by atoms with E-state index in [2.05, 4.69) is 20.8 Å². The smallest absolute Gasteiger partial charge is 0.107 e. The van der Waals surface area contributed by atoms with Gasteiger partial charge in [-0.15, -0.1) is 7.92 Å². The van der Waals surface area contributed by atoms with Crippen molar-refractivity contribution in [1.82, 2.24) is 0 Å². The first-order chi connectivity index (χ1) is 8.35. The summed E-state index contributed by atoms with van der Waals surface area (Å²) in [5, 5.41) is 0. The maximum atomic E-state index is 4.83. The summed E-state index contributed by atoms with van der Waals surface area (Å²) in [4.78, 5) is 0. The molecule has 112 valence electrons. The third-order valence-electron chi connectivity index (χ3n) is 2.48. The van der Waals surface area contributed by atoms with Crippen LogP contribution in [0.4, 0.5) is 0 Å². The highest BCUT2D eigenvalue weighted by Gasteiger charge is 2.11. The van der Waals surface area contributed by atoms with Crippen molar-refractivity contribution in [2.45, 2.75) is 62.5 Å². The Morgan fingerprint density at radius 3 is 1.06 bits per heavy atom. The lowest BCUT2D eigenvalue weighted by Gasteiger charge is -2.16. The van der Waals surface area contributed by atoms with Gasteiger partial charge in [0.2, 0.25) is 0 Å². The van der Waals surface area contributed by atoms with Gasteiger partial charge in [-0.05, 0) is 37.7 Å². The van der Waals surface area contributed by atoms with Crippen LogP contribution in [-0.4, -0.2) is 21.7 Å². The van der Waals surface area contributed by atoms with E-state index in [1.165, 1.54) is 38.5 Å². The average Bonchev–Trinajstić information content (AvgIpc) is 2.26. The second-order valence-corrected chi connectivity index (χ2v) is 10.4. The van der Waals surface area contributed by atoms with Crippen LogP contribution in [0.1, 0.15) is 59.3 Å². The van der Waals surface area contributed by atoms with Gasteiger partial charge < -0.3 is 0 Å². The molecule has 0 aromatic rings. The molecular formula is C13H27Cl4P. The maximum Gasteiger partial charge on any atom is 0.266 e. The van der Waals surface area contributed by atoms with Crippen LogP contribution >= 0.6 is 54.3 Å². The molecule has 0 spiro atoms. The van der Waals surface area contributed by atoms with Crippen LogP contribution in [-0.2, 0) is 0 Å². The fourth-order valence-electron chi connectivity index (χ4n) is 1.48. The van der Waals surface area contributed by atoms with Gasteiger partial charge in [-0.3, -0.25) is 0 Å². The van der Waals surface area contributed by atoms with Gasteiger partial charge in [0, 0.05) is 0 Å². The van der Waals surface area contributed by atoms with E-state index in [9.17, 15) is 0 Å². The number of hydrogen-bond acceptors (Lipinski definition) is 0. The maximum absolute atomic E-state index is 4.83. The zero-order valence-corrected chi connectivity index (χ0v) is 15.7. The van der Waals surface area contributed by atoms with Crippen molar-refractivity contribution in [3.63, 3.8) is 0 Å². The molecule has 0 bridgehead atoms. The van der Waals surface area contributed by atoms with Crippen molar-refractivity contribution in [3.05, 3.63) is 0 Å². The molecule has 0 amide bonds. The van der Waals surface area contributed by atoms with Crippen molar-refractivity contribution in [1.29, 1.82) is 0 Å². The van der Waals surface area contributed by atoms with E-state index in [0.29, 0.717) is 7.92 Å². The number of hydrogen-bond donors (Lipinski definition) is 0. The fourth-order valence-corrected chi connectivity index (χ4v) is 4.44. The van der Waals surface area contributed by atoms with Gasteiger partial charge in [0.25, 0.3) is 3.25 Å². The van der Waals surface area contributed by atoms with E-state index < -0.39 is 3.25 Å².